The first-order chi connectivity index (χ1) is 10.6. The number of piperidine rings is 1. The third-order valence-electron chi connectivity index (χ3n) is 4.58. The number of nitrogens with one attached hydrogen (secondary N) is 1. The average Bonchev–Trinajstić information content (AvgIpc) is 2.47. The van der Waals surface area contributed by atoms with Gasteiger partial charge in [-0.05, 0) is 43.9 Å². The summed E-state index contributed by atoms with van der Waals surface area (Å²) in [4.78, 5) is 18.2. The summed E-state index contributed by atoms with van der Waals surface area (Å²) in [5, 5.41) is 12.7. The monoisotopic (exact) mass is 305 g/mol. The summed E-state index contributed by atoms with van der Waals surface area (Å²) in [5.41, 5.74) is 0.822. The number of amides is 2. The molecule has 2 amide bonds. The number of aliphatic hydroxyl groups excluding tert-OH is 1. The van der Waals surface area contributed by atoms with Crippen molar-refractivity contribution in [2.75, 3.05) is 25.0 Å². The van der Waals surface area contributed by atoms with Crippen LogP contribution in [0.2, 0.25) is 0 Å². The normalized spacial score (nSPS) is 24.3. The van der Waals surface area contributed by atoms with Crippen LogP contribution in [0.5, 0.6) is 0 Å². The Labute approximate surface area is 130 Å². The van der Waals surface area contributed by atoms with Crippen LogP contribution in [0.4, 0.5) is 10.6 Å². The number of aromatic nitrogens is 1. The Morgan fingerprint density at radius 1 is 1.50 bits per heavy atom. The number of carbonyl (C=O) groups excluding carboxylic acids is 1. The van der Waals surface area contributed by atoms with E-state index in [1.165, 1.54) is 0 Å². The van der Waals surface area contributed by atoms with Gasteiger partial charge in [-0.2, -0.15) is 0 Å². The minimum atomic E-state index is -0.273. The number of carbonyl (C=O) groups is 1. The molecule has 2 aliphatic rings. The van der Waals surface area contributed by atoms with Gasteiger partial charge in [0.05, 0.1) is 11.7 Å². The number of ether oxygens (including phenoxy) is 1. The van der Waals surface area contributed by atoms with Gasteiger partial charge in [-0.15, -0.1) is 0 Å². The van der Waals surface area contributed by atoms with Crippen molar-refractivity contribution in [2.24, 2.45) is 0 Å². The van der Waals surface area contributed by atoms with Gasteiger partial charge in [0.15, 0.2) is 0 Å². The number of rotatable bonds is 1. The maximum Gasteiger partial charge on any atom is 0.323 e. The second kappa shape index (κ2) is 6.22. The Morgan fingerprint density at radius 2 is 2.27 bits per heavy atom. The van der Waals surface area contributed by atoms with Gasteiger partial charge in [-0.25, -0.2) is 9.78 Å². The predicted octanol–water partition coefficient (Wildman–Crippen LogP) is 1.93. The molecule has 1 atom stereocenters. The Bertz CT molecular complexity index is 541. The number of urea groups is 1. The summed E-state index contributed by atoms with van der Waals surface area (Å²) in [7, 11) is 0. The van der Waals surface area contributed by atoms with Gasteiger partial charge >= 0.3 is 6.03 Å². The lowest BCUT2D eigenvalue weighted by Gasteiger charge is -2.45. The van der Waals surface area contributed by atoms with E-state index >= 15 is 0 Å². The van der Waals surface area contributed by atoms with Gasteiger partial charge in [0.1, 0.15) is 5.82 Å². The lowest BCUT2D eigenvalue weighted by Crippen LogP contribution is -2.52. The zero-order chi connectivity index (χ0) is 15.6. The molecule has 2 N–H and O–H groups in total. The van der Waals surface area contributed by atoms with Gasteiger partial charge in [-0.1, -0.05) is 0 Å². The van der Waals surface area contributed by atoms with Crippen molar-refractivity contribution in [3.8, 4) is 0 Å². The molecule has 0 aliphatic carbocycles. The first-order valence-electron chi connectivity index (χ1n) is 7.87. The van der Waals surface area contributed by atoms with Crippen molar-refractivity contribution in [2.45, 2.75) is 44.3 Å². The van der Waals surface area contributed by atoms with Crippen molar-refractivity contribution in [1.29, 1.82) is 0 Å². The molecule has 120 valence electrons. The summed E-state index contributed by atoms with van der Waals surface area (Å²) in [6.07, 6.45) is 4.36. The molecular formula is C16H23N3O3. The molecule has 1 unspecified atom stereocenters. The Hall–Kier alpha value is -1.66. The molecule has 22 heavy (non-hydrogen) atoms. The molecule has 0 aromatic carbocycles. The van der Waals surface area contributed by atoms with Crippen LogP contribution in [0.3, 0.4) is 0 Å². The predicted molar refractivity (Wildman–Crippen MR) is 82.7 cm³/mol. The van der Waals surface area contributed by atoms with Crippen LogP contribution in [0.15, 0.2) is 18.3 Å². The van der Waals surface area contributed by atoms with Crippen molar-refractivity contribution < 1.29 is 14.6 Å². The fourth-order valence-electron chi connectivity index (χ4n) is 3.26. The number of pyridine rings is 1. The van der Waals surface area contributed by atoms with Crippen molar-refractivity contribution in [1.82, 2.24) is 9.88 Å². The fourth-order valence-corrected chi connectivity index (χ4v) is 3.26. The maximum atomic E-state index is 12.3. The summed E-state index contributed by atoms with van der Waals surface area (Å²) < 4.78 is 5.91. The maximum absolute atomic E-state index is 12.3. The van der Waals surface area contributed by atoms with E-state index in [4.69, 9.17) is 4.74 Å². The minimum Gasteiger partial charge on any atom is -0.393 e. The van der Waals surface area contributed by atoms with Gasteiger partial charge in [0.2, 0.25) is 0 Å². The van der Waals surface area contributed by atoms with E-state index in [9.17, 15) is 9.90 Å². The van der Waals surface area contributed by atoms with Crippen LogP contribution in [-0.2, 0) is 4.74 Å². The summed E-state index contributed by atoms with van der Waals surface area (Å²) in [6.45, 7) is 3.86. The van der Waals surface area contributed by atoms with Crippen molar-refractivity contribution in [3.63, 3.8) is 0 Å². The zero-order valence-corrected chi connectivity index (χ0v) is 12.9. The van der Waals surface area contributed by atoms with E-state index in [2.05, 4.69) is 10.3 Å². The second-order valence-electron chi connectivity index (χ2n) is 6.31. The first-order valence-corrected chi connectivity index (χ1v) is 7.87. The zero-order valence-electron chi connectivity index (χ0n) is 12.9. The van der Waals surface area contributed by atoms with Crippen LogP contribution >= 0.6 is 0 Å². The van der Waals surface area contributed by atoms with Gasteiger partial charge in [0, 0.05) is 32.3 Å². The Balaban J connectivity index is 1.55. The lowest BCUT2D eigenvalue weighted by atomic mass is 9.83. The average molecular weight is 305 g/mol. The molecule has 3 heterocycles. The highest BCUT2D eigenvalue weighted by atomic mass is 16.5. The molecule has 1 spiro atoms. The molecule has 6 heteroatoms. The molecule has 0 radical (unpaired) electrons. The molecular weight excluding hydrogens is 282 g/mol. The number of aliphatic hydroxyl groups is 1. The van der Waals surface area contributed by atoms with E-state index in [-0.39, 0.29) is 17.7 Å². The number of nitrogens with zero attached hydrogens (tertiary/aromatic N) is 2. The quantitative estimate of drug-likeness (QED) is 0.831. The topological polar surface area (TPSA) is 74.7 Å². The van der Waals surface area contributed by atoms with Gasteiger partial charge in [0.25, 0.3) is 0 Å². The SMILES string of the molecule is Cc1ccnc(NC(=O)N2CCC3(CC2)CC(O)CCO3)c1. The highest BCUT2D eigenvalue weighted by molar-refractivity contribution is 5.88. The number of hydrogen-bond acceptors (Lipinski definition) is 4. The van der Waals surface area contributed by atoms with E-state index in [0.29, 0.717) is 38.4 Å². The van der Waals surface area contributed by atoms with Crippen LogP contribution in [0, 0.1) is 6.92 Å². The summed E-state index contributed by atoms with van der Waals surface area (Å²) in [5.74, 6) is 0.578. The molecule has 0 bridgehead atoms. The fraction of sp³-hybridized carbons (Fsp3) is 0.625. The van der Waals surface area contributed by atoms with Gasteiger partial charge < -0.3 is 14.7 Å². The highest BCUT2D eigenvalue weighted by Crippen LogP contribution is 2.35. The molecule has 2 saturated heterocycles. The Morgan fingerprint density at radius 3 is 2.95 bits per heavy atom. The molecule has 6 nitrogen and oxygen atoms in total. The molecule has 0 saturated carbocycles. The van der Waals surface area contributed by atoms with Crippen LogP contribution in [0.1, 0.15) is 31.2 Å². The van der Waals surface area contributed by atoms with Crippen molar-refractivity contribution in [3.05, 3.63) is 23.9 Å². The van der Waals surface area contributed by atoms with E-state index in [1.807, 2.05) is 19.1 Å². The standard InChI is InChI=1S/C16H23N3O3/c1-12-2-6-17-14(10-12)18-15(21)19-7-4-16(5-8-19)11-13(20)3-9-22-16/h2,6,10,13,20H,3-5,7-9,11H2,1H3,(H,17,18,21). The molecule has 2 fully saturated rings. The summed E-state index contributed by atoms with van der Waals surface area (Å²) >= 11 is 0. The summed E-state index contributed by atoms with van der Waals surface area (Å²) in [6, 6.07) is 3.62. The number of likely N-dealkylation sites (tertiary alicyclic amines) is 1. The minimum absolute atomic E-state index is 0.121. The van der Waals surface area contributed by atoms with E-state index in [1.54, 1.807) is 11.1 Å². The van der Waals surface area contributed by atoms with Crippen LogP contribution in [-0.4, -0.2) is 52.4 Å². The van der Waals surface area contributed by atoms with Crippen LogP contribution < -0.4 is 5.32 Å². The third-order valence-corrected chi connectivity index (χ3v) is 4.58. The molecule has 1 aromatic heterocycles. The first kappa shape index (κ1) is 15.2. The number of anilines is 1. The Kier molecular flexibility index (Phi) is 4.31. The molecule has 3 rings (SSSR count). The van der Waals surface area contributed by atoms with E-state index < -0.39 is 0 Å². The smallest absolute Gasteiger partial charge is 0.323 e. The second-order valence-corrected chi connectivity index (χ2v) is 6.31. The third kappa shape index (κ3) is 3.39. The largest absolute Gasteiger partial charge is 0.393 e. The van der Waals surface area contributed by atoms with Crippen LogP contribution in [0.25, 0.3) is 0 Å². The van der Waals surface area contributed by atoms with Gasteiger partial charge in [-0.3, -0.25) is 5.32 Å². The highest BCUT2D eigenvalue weighted by Gasteiger charge is 2.40. The number of hydrogen-bond donors (Lipinski definition) is 2. The molecule has 2 aliphatic heterocycles. The molecule has 1 aromatic rings. The lowest BCUT2D eigenvalue weighted by molar-refractivity contribution is -0.139. The van der Waals surface area contributed by atoms with E-state index in [0.717, 1.165) is 18.4 Å². The number of aryl methyl sites for hydroxylation is 1. The van der Waals surface area contributed by atoms with Crippen molar-refractivity contribution >= 4 is 11.8 Å².